The molecule has 4 aromatic rings. The molecule has 0 bridgehead atoms. The molecule has 5 nitrogen and oxygen atoms in total. The smallest absolute Gasteiger partial charge is 0.449 e. The van der Waals surface area contributed by atoms with E-state index in [1.54, 1.807) is 16.7 Å². The van der Waals surface area contributed by atoms with E-state index in [4.69, 9.17) is 33.0 Å². The number of hydrogen-bond donors (Lipinski definition) is 1. The Bertz CT molecular complexity index is 1330. The maximum absolute atomic E-state index is 12.9. The van der Waals surface area contributed by atoms with Gasteiger partial charge in [0.2, 0.25) is 5.43 Å². The molecule has 0 saturated heterocycles. The van der Waals surface area contributed by atoms with Crippen LogP contribution in [-0.2, 0) is 13.0 Å². The maximum Gasteiger partial charge on any atom is 0.511 e. The second kappa shape index (κ2) is 8.84. The third-order valence-corrected chi connectivity index (χ3v) is 5.79. The lowest BCUT2D eigenvalue weighted by atomic mass is 10.0. The quantitative estimate of drug-likeness (QED) is 0.376. The molecule has 3 aromatic carbocycles. The molecule has 0 aliphatic heterocycles. The molecule has 0 atom stereocenters. The number of aromatic nitrogens is 1. The van der Waals surface area contributed by atoms with Gasteiger partial charge in [-0.25, -0.2) is 4.79 Å². The lowest BCUT2D eigenvalue weighted by Crippen LogP contribution is -2.17. The highest BCUT2D eigenvalue weighted by molar-refractivity contribution is 6.42. The van der Waals surface area contributed by atoms with Crippen LogP contribution >= 0.6 is 23.2 Å². The van der Waals surface area contributed by atoms with Crippen molar-refractivity contribution in [3.05, 3.63) is 110 Å². The number of nitrogens with zero attached hydrogens (tertiary/aromatic N) is 1. The second-order valence-corrected chi connectivity index (χ2v) is 7.83. The van der Waals surface area contributed by atoms with E-state index in [1.165, 1.54) is 6.20 Å². The van der Waals surface area contributed by atoms with Crippen LogP contribution in [0.25, 0.3) is 10.9 Å². The van der Waals surface area contributed by atoms with E-state index in [0.717, 1.165) is 16.7 Å². The van der Waals surface area contributed by atoms with Crippen molar-refractivity contribution in [3.63, 3.8) is 0 Å². The normalized spacial score (nSPS) is 10.9. The molecule has 0 saturated carbocycles. The Hall–Kier alpha value is -3.28. The molecule has 1 heterocycles. The van der Waals surface area contributed by atoms with Crippen molar-refractivity contribution >= 4 is 40.3 Å². The van der Waals surface area contributed by atoms with Crippen LogP contribution in [0.4, 0.5) is 4.79 Å². The number of carbonyl (C=O) groups is 1. The topological polar surface area (TPSA) is 68.5 Å². The van der Waals surface area contributed by atoms with Crippen molar-refractivity contribution < 1.29 is 14.6 Å². The number of fused-ring (bicyclic) bond motifs is 1. The van der Waals surface area contributed by atoms with Gasteiger partial charge in [0.25, 0.3) is 0 Å². The molecule has 7 heteroatoms. The summed E-state index contributed by atoms with van der Waals surface area (Å²) in [5, 5.41) is 10.3. The van der Waals surface area contributed by atoms with Gasteiger partial charge in [-0.3, -0.25) is 4.79 Å². The van der Waals surface area contributed by atoms with Crippen LogP contribution in [-0.4, -0.2) is 15.8 Å². The predicted molar refractivity (Wildman–Crippen MR) is 122 cm³/mol. The molecule has 0 unspecified atom stereocenters. The molecule has 156 valence electrons. The summed E-state index contributed by atoms with van der Waals surface area (Å²) in [5.74, 6) is -0.242. The van der Waals surface area contributed by atoms with Crippen LogP contribution in [0.1, 0.15) is 16.7 Å². The molecule has 1 N–H and O–H groups in total. The third kappa shape index (κ3) is 4.58. The van der Waals surface area contributed by atoms with E-state index >= 15 is 0 Å². The first kappa shape index (κ1) is 21.0. The Balaban J connectivity index is 1.82. The molecule has 1 aromatic heterocycles. The highest BCUT2D eigenvalue weighted by Crippen LogP contribution is 2.28. The number of benzene rings is 3. The summed E-state index contributed by atoms with van der Waals surface area (Å²) in [6.45, 7) is 0.451. The predicted octanol–water partition coefficient (Wildman–Crippen LogP) is 6.00. The fourth-order valence-electron chi connectivity index (χ4n) is 3.51. The third-order valence-electron chi connectivity index (χ3n) is 4.93. The van der Waals surface area contributed by atoms with Crippen LogP contribution < -0.4 is 10.2 Å². The van der Waals surface area contributed by atoms with E-state index < -0.39 is 11.6 Å². The van der Waals surface area contributed by atoms with Gasteiger partial charge in [-0.1, -0.05) is 71.7 Å². The summed E-state index contributed by atoms with van der Waals surface area (Å²) in [4.78, 5) is 24.1. The molecule has 0 amide bonds. The molecule has 31 heavy (non-hydrogen) atoms. The average Bonchev–Trinajstić information content (AvgIpc) is 2.75. The van der Waals surface area contributed by atoms with E-state index in [9.17, 15) is 9.59 Å². The summed E-state index contributed by atoms with van der Waals surface area (Å²) in [6.07, 6.45) is 0.362. The van der Waals surface area contributed by atoms with Gasteiger partial charge in [0.05, 0.1) is 21.8 Å². The summed E-state index contributed by atoms with van der Waals surface area (Å²) in [5.41, 5.74) is 2.86. The standard InChI is InChI=1S/C24H17Cl2NO4/c25-19-8-4-7-17(22(19)26)11-16-9-10-20-18(12-16)23(28)21(31-24(29)30)14-27(20)13-15-5-2-1-3-6-15/h1-10,12,14H,11,13H2,(H,29,30). The molecular weight excluding hydrogens is 437 g/mol. The van der Waals surface area contributed by atoms with E-state index in [0.29, 0.717) is 33.9 Å². The summed E-state index contributed by atoms with van der Waals surface area (Å²) < 4.78 is 6.58. The van der Waals surface area contributed by atoms with Crippen LogP contribution in [0.2, 0.25) is 10.0 Å². The van der Waals surface area contributed by atoms with Crippen LogP contribution in [0, 0.1) is 0 Å². The van der Waals surface area contributed by atoms with Gasteiger partial charge >= 0.3 is 6.16 Å². The molecule has 0 spiro atoms. The molecule has 0 aliphatic carbocycles. The van der Waals surface area contributed by atoms with Gasteiger partial charge in [0, 0.05) is 11.9 Å². The molecule has 4 rings (SSSR count). The van der Waals surface area contributed by atoms with Crippen LogP contribution in [0.3, 0.4) is 0 Å². The van der Waals surface area contributed by atoms with Gasteiger partial charge in [0.15, 0.2) is 5.75 Å². The van der Waals surface area contributed by atoms with Gasteiger partial charge in [0.1, 0.15) is 0 Å². The fourth-order valence-corrected chi connectivity index (χ4v) is 3.90. The number of hydrogen-bond acceptors (Lipinski definition) is 3. The number of halogens is 2. The van der Waals surface area contributed by atoms with Crippen molar-refractivity contribution in [2.24, 2.45) is 0 Å². The number of pyridine rings is 1. The van der Waals surface area contributed by atoms with Gasteiger partial charge in [-0.05, 0) is 41.3 Å². The fraction of sp³-hybridized carbons (Fsp3) is 0.0833. The van der Waals surface area contributed by atoms with Crippen LogP contribution in [0.15, 0.2) is 77.7 Å². The average molecular weight is 454 g/mol. The summed E-state index contributed by atoms with van der Waals surface area (Å²) >= 11 is 12.4. The van der Waals surface area contributed by atoms with Crippen LogP contribution in [0.5, 0.6) is 5.75 Å². The highest BCUT2D eigenvalue weighted by atomic mass is 35.5. The minimum atomic E-state index is -1.54. The summed E-state index contributed by atoms with van der Waals surface area (Å²) in [6, 6.07) is 20.6. The zero-order valence-corrected chi connectivity index (χ0v) is 17.7. The molecule has 0 aliphatic rings. The van der Waals surface area contributed by atoms with E-state index in [1.807, 2.05) is 54.6 Å². The van der Waals surface area contributed by atoms with Crippen molar-refractivity contribution in [1.29, 1.82) is 0 Å². The zero-order valence-electron chi connectivity index (χ0n) is 16.2. The SMILES string of the molecule is O=C(O)Oc1cn(Cc2ccccc2)c2ccc(Cc3cccc(Cl)c3Cl)cc2c1=O. The van der Waals surface area contributed by atoms with E-state index in [2.05, 4.69) is 0 Å². The van der Waals surface area contributed by atoms with Gasteiger partial charge in [-0.15, -0.1) is 0 Å². The zero-order chi connectivity index (χ0) is 22.0. The summed E-state index contributed by atoms with van der Waals surface area (Å²) in [7, 11) is 0. The number of carboxylic acid groups (broad SMARTS) is 1. The Morgan fingerprint density at radius 2 is 1.74 bits per heavy atom. The monoisotopic (exact) mass is 453 g/mol. The van der Waals surface area contributed by atoms with Crippen molar-refractivity contribution in [1.82, 2.24) is 4.57 Å². The molecular formula is C24H17Cl2NO4. The molecule has 0 fully saturated rings. The Morgan fingerprint density at radius 1 is 0.968 bits per heavy atom. The Labute approximate surface area is 188 Å². The maximum atomic E-state index is 12.9. The lowest BCUT2D eigenvalue weighted by molar-refractivity contribution is 0.144. The van der Waals surface area contributed by atoms with E-state index in [-0.39, 0.29) is 5.75 Å². The second-order valence-electron chi connectivity index (χ2n) is 7.05. The highest BCUT2D eigenvalue weighted by Gasteiger charge is 2.15. The minimum Gasteiger partial charge on any atom is -0.449 e. The number of ether oxygens (including phenoxy) is 1. The van der Waals surface area contributed by atoms with Crippen molar-refractivity contribution in [2.45, 2.75) is 13.0 Å². The lowest BCUT2D eigenvalue weighted by Gasteiger charge is -2.14. The van der Waals surface area contributed by atoms with Crippen molar-refractivity contribution in [3.8, 4) is 5.75 Å². The first-order valence-electron chi connectivity index (χ1n) is 9.46. The Morgan fingerprint density at radius 3 is 2.48 bits per heavy atom. The molecule has 0 radical (unpaired) electrons. The largest absolute Gasteiger partial charge is 0.511 e. The first-order chi connectivity index (χ1) is 14.9. The first-order valence-corrected chi connectivity index (χ1v) is 10.2. The Kier molecular flexibility index (Phi) is 5.98. The van der Waals surface area contributed by atoms with Gasteiger partial charge in [-0.2, -0.15) is 0 Å². The van der Waals surface area contributed by atoms with Gasteiger partial charge < -0.3 is 14.4 Å². The minimum absolute atomic E-state index is 0.242. The number of rotatable bonds is 5. The van der Waals surface area contributed by atoms with Crippen molar-refractivity contribution in [2.75, 3.05) is 0 Å².